The molecule has 0 bridgehead atoms. The zero-order valence-corrected chi connectivity index (χ0v) is 11.7. The van der Waals surface area contributed by atoms with Gasteiger partial charge in [0.15, 0.2) is 0 Å². The van der Waals surface area contributed by atoms with E-state index >= 15 is 0 Å². The molecule has 1 aliphatic carbocycles. The van der Waals surface area contributed by atoms with E-state index in [1.165, 1.54) is 58.3 Å². The SMILES string of the molecule is CC1CCC(O)C(N2CCCN3CCCC3C2)C1. The maximum Gasteiger partial charge on any atom is 0.0695 e. The fourth-order valence-electron chi connectivity index (χ4n) is 4.26. The van der Waals surface area contributed by atoms with Crippen molar-refractivity contribution in [1.29, 1.82) is 0 Å². The lowest BCUT2D eigenvalue weighted by Gasteiger charge is -2.40. The molecule has 3 rings (SSSR count). The first-order valence-electron chi connectivity index (χ1n) is 7.90. The minimum atomic E-state index is -0.0749. The highest BCUT2D eigenvalue weighted by molar-refractivity contribution is 4.91. The molecule has 1 N–H and O–H groups in total. The number of fused-ring (bicyclic) bond motifs is 1. The molecular weight excluding hydrogens is 224 g/mol. The third-order valence-corrected chi connectivity index (χ3v) is 5.35. The Bertz CT molecular complexity index is 284. The molecule has 3 heteroatoms. The van der Waals surface area contributed by atoms with Gasteiger partial charge in [0.1, 0.15) is 0 Å². The van der Waals surface area contributed by atoms with Gasteiger partial charge >= 0.3 is 0 Å². The molecule has 0 aromatic heterocycles. The van der Waals surface area contributed by atoms with E-state index in [-0.39, 0.29) is 6.10 Å². The van der Waals surface area contributed by atoms with Gasteiger partial charge < -0.3 is 5.11 Å². The van der Waals surface area contributed by atoms with Crippen LogP contribution in [0, 0.1) is 5.92 Å². The summed E-state index contributed by atoms with van der Waals surface area (Å²) in [6, 6.07) is 1.21. The van der Waals surface area contributed by atoms with Gasteiger partial charge in [-0.25, -0.2) is 0 Å². The summed E-state index contributed by atoms with van der Waals surface area (Å²) in [4.78, 5) is 5.30. The summed E-state index contributed by atoms with van der Waals surface area (Å²) in [7, 11) is 0. The lowest BCUT2D eigenvalue weighted by Crippen LogP contribution is -2.49. The van der Waals surface area contributed by atoms with Crippen molar-refractivity contribution in [3.8, 4) is 0 Å². The Balaban J connectivity index is 1.66. The predicted molar refractivity (Wildman–Crippen MR) is 73.6 cm³/mol. The van der Waals surface area contributed by atoms with Crippen molar-refractivity contribution < 1.29 is 5.11 Å². The summed E-state index contributed by atoms with van der Waals surface area (Å²) in [6.07, 6.45) is 7.38. The smallest absolute Gasteiger partial charge is 0.0695 e. The summed E-state index contributed by atoms with van der Waals surface area (Å²) >= 11 is 0. The topological polar surface area (TPSA) is 26.7 Å². The zero-order valence-electron chi connectivity index (χ0n) is 11.7. The van der Waals surface area contributed by atoms with Crippen LogP contribution in [-0.2, 0) is 0 Å². The third kappa shape index (κ3) is 2.59. The van der Waals surface area contributed by atoms with Gasteiger partial charge in [0.05, 0.1) is 6.10 Å². The molecule has 0 amide bonds. The molecule has 0 spiro atoms. The first-order chi connectivity index (χ1) is 8.74. The molecule has 0 aromatic rings. The minimum absolute atomic E-state index is 0.0749. The Labute approximate surface area is 111 Å². The highest BCUT2D eigenvalue weighted by atomic mass is 16.3. The van der Waals surface area contributed by atoms with Gasteiger partial charge in [-0.15, -0.1) is 0 Å². The second-order valence-corrected chi connectivity index (χ2v) is 6.73. The first kappa shape index (κ1) is 12.9. The van der Waals surface area contributed by atoms with Crippen LogP contribution in [0.1, 0.15) is 45.4 Å². The number of aliphatic hydroxyl groups excluding tert-OH is 1. The highest BCUT2D eigenvalue weighted by Crippen LogP contribution is 2.30. The van der Waals surface area contributed by atoms with Crippen LogP contribution >= 0.6 is 0 Å². The number of rotatable bonds is 1. The van der Waals surface area contributed by atoms with Crippen LogP contribution in [0.3, 0.4) is 0 Å². The van der Waals surface area contributed by atoms with Crippen LogP contribution in [0.5, 0.6) is 0 Å². The second-order valence-electron chi connectivity index (χ2n) is 6.73. The molecule has 4 atom stereocenters. The van der Waals surface area contributed by atoms with E-state index in [0.29, 0.717) is 6.04 Å². The van der Waals surface area contributed by atoms with Crippen molar-refractivity contribution in [2.75, 3.05) is 26.2 Å². The van der Waals surface area contributed by atoms with Crippen LogP contribution in [-0.4, -0.2) is 59.3 Å². The number of hydrogen-bond acceptors (Lipinski definition) is 3. The Morgan fingerprint density at radius 2 is 1.72 bits per heavy atom. The maximum atomic E-state index is 10.3. The summed E-state index contributed by atoms with van der Waals surface area (Å²) < 4.78 is 0. The van der Waals surface area contributed by atoms with Crippen molar-refractivity contribution in [3.63, 3.8) is 0 Å². The largest absolute Gasteiger partial charge is 0.391 e. The molecule has 4 unspecified atom stereocenters. The van der Waals surface area contributed by atoms with Crippen LogP contribution in [0.25, 0.3) is 0 Å². The van der Waals surface area contributed by atoms with Crippen molar-refractivity contribution in [2.45, 2.75) is 63.6 Å². The van der Waals surface area contributed by atoms with E-state index in [4.69, 9.17) is 0 Å². The van der Waals surface area contributed by atoms with Crippen molar-refractivity contribution in [3.05, 3.63) is 0 Å². The third-order valence-electron chi connectivity index (χ3n) is 5.35. The summed E-state index contributed by atoms with van der Waals surface area (Å²) in [5.41, 5.74) is 0. The number of hydrogen-bond donors (Lipinski definition) is 1. The minimum Gasteiger partial charge on any atom is -0.391 e. The van der Waals surface area contributed by atoms with E-state index in [1.54, 1.807) is 0 Å². The first-order valence-corrected chi connectivity index (χ1v) is 7.90. The summed E-state index contributed by atoms with van der Waals surface area (Å²) in [5, 5.41) is 10.3. The van der Waals surface area contributed by atoms with E-state index in [0.717, 1.165) is 18.4 Å². The van der Waals surface area contributed by atoms with Crippen molar-refractivity contribution in [2.24, 2.45) is 5.92 Å². The van der Waals surface area contributed by atoms with Crippen LogP contribution in [0.4, 0.5) is 0 Å². The predicted octanol–water partition coefficient (Wildman–Crippen LogP) is 1.71. The standard InChI is InChI=1S/C15H28N2O/c1-12-5-6-15(18)14(10-12)17-9-3-8-16-7-2-4-13(16)11-17/h12-15,18H,2-11H2,1H3. The molecule has 18 heavy (non-hydrogen) atoms. The Kier molecular flexibility index (Phi) is 3.92. The van der Waals surface area contributed by atoms with Gasteiger partial charge in [0.2, 0.25) is 0 Å². The molecule has 0 radical (unpaired) electrons. The quantitative estimate of drug-likeness (QED) is 0.769. The lowest BCUT2D eigenvalue weighted by atomic mass is 9.84. The maximum absolute atomic E-state index is 10.3. The van der Waals surface area contributed by atoms with Gasteiger partial charge in [-0.05, 0) is 64.1 Å². The molecule has 104 valence electrons. The number of aliphatic hydroxyl groups is 1. The van der Waals surface area contributed by atoms with Gasteiger partial charge in [-0.2, -0.15) is 0 Å². The van der Waals surface area contributed by atoms with Crippen molar-refractivity contribution >= 4 is 0 Å². The summed E-state index contributed by atoms with van der Waals surface area (Å²) in [5.74, 6) is 0.793. The van der Waals surface area contributed by atoms with E-state index in [2.05, 4.69) is 16.7 Å². The molecule has 0 aromatic carbocycles. The molecule has 1 saturated carbocycles. The monoisotopic (exact) mass is 252 g/mol. The highest BCUT2D eigenvalue weighted by Gasteiger charge is 2.36. The average Bonchev–Trinajstić information content (AvgIpc) is 2.70. The summed E-state index contributed by atoms with van der Waals surface area (Å²) in [6.45, 7) is 7.33. The van der Waals surface area contributed by atoms with Crippen molar-refractivity contribution in [1.82, 2.24) is 9.80 Å². The zero-order chi connectivity index (χ0) is 12.5. The molecule has 2 aliphatic heterocycles. The van der Waals surface area contributed by atoms with Gasteiger partial charge in [0.25, 0.3) is 0 Å². The Hall–Kier alpha value is -0.120. The van der Waals surface area contributed by atoms with E-state index in [9.17, 15) is 5.11 Å². The van der Waals surface area contributed by atoms with Crippen LogP contribution in [0.15, 0.2) is 0 Å². The van der Waals surface area contributed by atoms with Gasteiger partial charge in [0, 0.05) is 18.6 Å². The van der Waals surface area contributed by atoms with Crippen LogP contribution < -0.4 is 0 Å². The fourth-order valence-corrected chi connectivity index (χ4v) is 4.26. The fraction of sp³-hybridized carbons (Fsp3) is 1.00. The van der Waals surface area contributed by atoms with Gasteiger partial charge in [-0.3, -0.25) is 9.80 Å². The Morgan fingerprint density at radius 1 is 0.944 bits per heavy atom. The van der Waals surface area contributed by atoms with E-state index < -0.39 is 0 Å². The van der Waals surface area contributed by atoms with Crippen LogP contribution in [0.2, 0.25) is 0 Å². The molecule has 2 heterocycles. The number of nitrogens with zero attached hydrogens (tertiary/aromatic N) is 2. The van der Waals surface area contributed by atoms with Gasteiger partial charge in [-0.1, -0.05) is 6.92 Å². The molecular formula is C15H28N2O. The van der Waals surface area contributed by atoms with E-state index in [1.807, 2.05) is 0 Å². The lowest BCUT2D eigenvalue weighted by molar-refractivity contribution is 0.00330. The Morgan fingerprint density at radius 3 is 2.61 bits per heavy atom. The molecule has 2 saturated heterocycles. The molecule has 3 fully saturated rings. The average molecular weight is 252 g/mol. The molecule has 3 nitrogen and oxygen atoms in total. The second kappa shape index (κ2) is 5.48. The molecule has 3 aliphatic rings. The normalized spacial score (nSPS) is 43.7.